The smallest absolute Gasteiger partial charge is 0.159 e. The van der Waals surface area contributed by atoms with Crippen molar-refractivity contribution in [2.75, 3.05) is 0 Å². The fourth-order valence-corrected chi connectivity index (χ4v) is 7.09. The second kappa shape index (κ2) is 8.84. The third-order valence-electron chi connectivity index (χ3n) is 8.94. The van der Waals surface area contributed by atoms with Gasteiger partial charge in [-0.3, -0.25) is 0 Å². The van der Waals surface area contributed by atoms with Crippen LogP contribution in [-0.4, -0.2) is 0 Å². The van der Waals surface area contributed by atoms with E-state index in [1.54, 1.807) is 0 Å². The highest BCUT2D eigenvalue weighted by atomic mass is 19.2. The van der Waals surface area contributed by atoms with E-state index in [-0.39, 0.29) is 5.41 Å². The van der Waals surface area contributed by atoms with E-state index in [1.165, 1.54) is 102 Å². The maximum atomic E-state index is 14.1. The molecule has 3 saturated carbocycles. The lowest BCUT2D eigenvalue weighted by molar-refractivity contribution is 0.0847. The van der Waals surface area contributed by atoms with Crippen LogP contribution in [0.5, 0.6) is 0 Å². The summed E-state index contributed by atoms with van der Waals surface area (Å²) in [6, 6.07) is 4.81. The third kappa shape index (κ3) is 4.03. The molecule has 0 radical (unpaired) electrons. The predicted molar refractivity (Wildman–Crippen MR) is 112 cm³/mol. The van der Waals surface area contributed by atoms with Gasteiger partial charge in [-0.1, -0.05) is 51.5 Å². The number of halogens is 2. The lowest BCUT2D eigenvalue weighted by Crippen LogP contribution is -2.41. The largest absolute Gasteiger partial charge is 0.204 e. The first-order chi connectivity index (χ1) is 13.6. The Balaban J connectivity index is 1.51. The van der Waals surface area contributed by atoms with Crippen molar-refractivity contribution < 1.29 is 8.78 Å². The maximum Gasteiger partial charge on any atom is 0.159 e. The van der Waals surface area contributed by atoms with Crippen molar-refractivity contribution in [1.29, 1.82) is 0 Å². The molecule has 0 nitrogen and oxygen atoms in total. The molecule has 0 saturated heterocycles. The van der Waals surface area contributed by atoms with Crippen molar-refractivity contribution in [2.24, 2.45) is 23.7 Å². The van der Waals surface area contributed by atoms with Gasteiger partial charge in [0.05, 0.1) is 0 Å². The van der Waals surface area contributed by atoms with E-state index >= 15 is 0 Å². The highest BCUT2D eigenvalue weighted by molar-refractivity contribution is 5.29. The summed E-state index contributed by atoms with van der Waals surface area (Å²) in [4.78, 5) is 0. The molecular formula is C26H38F2. The molecule has 2 heteroatoms. The van der Waals surface area contributed by atoms with Gasteiger partial charge in [0.2, 0.25) is 0 Å². The van der Waals surface area contributed by atoms with Crippen LogP contribution in [0.2, 0.25) is 0 Å². The van der Waals surface area contributed by atoms with E-state index in [9.17, 15) is 8.78 Å². The van der Waals surface area contributed by atoms with Gasteiger partial charge in [0.25, 0.3) is 0 Å². The number of benzene rings is 1. The average molecular weight is 389 g/mol. The normalized spacial score (nSPS) is 35.0. The van der Waals surface area contributed by atoms with Crippen molar-refractivity contribution in [2.45, 2.75) is 102 Å². The van der Waals surface area contributed by atoms with E-state index in [2.05, 4.69) is 6.92 Å². The van der Waals surface area contributed by atoms with Crippen LogP contribution in [-0.2, 0) is 5.41 Å². The van der Waals surface area contributed by atoms with E-state index < -0.39 is 11.6 Å². The second-order valence-electron chi connectivity index (χ2n) is 10.1. The summed E-state index contributed by atoms with van der Waals surface area (Å²) in [6.45, 7) is 2.34. The van der Waals surface area contributed by atoms with E-state index in [0.717, 1.165) is 23.3 Å². The summed E-state index contributed by atoms with van der Waals surface area (Å²) in [5.41, 5.74) is 1.18. The SMILES string of the molecule is CC[C@H]1CC[C@H](C2CCC(c3ccc(F)c(F)c3)(C3CCCCC3)CC2)CC1. The van der Waals surface area contributed by atoms with Gasteiger partial charge in [-0.15, -0.1) is 0 Å². The Morgan fingerprint density at radius 2 is 1.43 bits per heavy atom. The van der Waals surface area contributed by atoms with Gasteiger partial charge >= 0.3 is 0 Å². The molecule has 0 N–H and O–H groups in total. The molecule has 0 aliphatic heterocycles. The lowest BCUT2D eigenvalue weighted by atomic mass is 9.55. The zero-order valence-electron chi connectivity index (χ0n) is 17.7. The van der Waals surface area contributed by atoms with Gasteiger partial charge in [-0.05, 0) is 98.1 Å². The van der Waals surface area contributed by atoms with Gasteiger partial charge in [0.1, 0.15) is 0 Å². The molecule has 0 bridgehead atoms. The average Bonchev–Trinajstić information content (AvgIpc) is 2.76. The molecule has 3 aliphatic rings. The molecule has 156 valence electrons. The lowest BCUT2D eigenvalue weighted by Gasteiger charge is -2.49. The van der Waals surface area contributed by atoms with Crippen LogP contribution in [0, 0.1) is 35.3 Å². The molecule has 0 unspecified atom stereocenters. The van der Waals surface area contributed by atoms with Crippen LogP contribution in [0.15, 0.2) is 18.2 Å². The molecule has 1 aromatic carbocycles. The molecule has 0 amide bonds. The summed E-state index contributed by atoms with van der Waals surface area (Å²) < 4.78 is 27.8. The molecule has 0 heterocycles. The van der Waals surface area contributed by atoms with Crippen LogP contribution < -0.4 is 0 Å². The first-order valence-electron chi connectivity index (χ1n) is 12.1. The van der Waals surface area contributed by atoms with Crippen molar-refractivity contribution in [3.8, 4) is 0 Å². The fraction of sp³-hybridized carbons (Fsp3) is 0.769. The molecule has 4 rings (SSSR count). The molecule has 0 spiro atoms. The zero-order chi connectivity index (χ0) is 19.6. The Morgan fingerprint density at radius 3 is 2.04 bits per heavy atom. The van der Waals surface area contributed by atoms with Crippen LogP contribution in [0.3, 0.4) is 0 Å². The van der Waals surface area contributed by atoms with Crippen LogP contribution in [0.4, 0.5) is 8.78 Å². The van der Waals surface area contributed by atoms with Crippen molar-refractivity contribution >= 4 is 0 Å². The Morgan fingerprint density at radius 1 is 0.786 bits per heavy atom. The molecule has 28 heavy (non-hydrogen) atoms. The van der Waals surface area contributed by atoms with Crippen molar-refractivity contribution in [3.05, 3.63) is 35.4 Å². The molecule has 3 fully saturated rings. The molecule has 0 atom stereocenters. The van der Waals surface area contributed by atoms with Gasteiger partial charge in [0.15, 0.2) is 11.6 Å². The summed E-state index contributed by atoms with van der Waals surface area (Å²) in [5, 5.41) is 0. The van der Waals surface area contributed by atoms with Crippen LogP contribution in [0.1, 0.15) is 102 Å². The minimum absolute atomic E-state index is 0.0894. The molecular weight excluding hydrogens is 350 g/mol. The second-order valence-corrected chi connectivity index (χ2v) is 10.1. The van der Waals surface area contributed by atoms with E-state index in [0.29, 0.717) is 5.92 Å². The van der Waals surface area contributed by atoms with Gasteiger partial charge in [0, 0.05) is 0 Å². The summed E-state index contributed by atoms with van der Waals surface area (Å²) >= 11 is 0. The third-order valence-corrected chi connectivity index (χ3v) is 8.94. The van der Waals surface area contributed by atoms with Crippen LogP contribution in [0.25, 0.3) is 0 Å². The quantitative estimate of drug-likeness (QED) is 0.487. The summed E-state index contributed by atoms with van der Waals surface area (Å²) in [6.07, 6.45) is 18.5. The topological polar surface area (TPSA) is 0 Å². The van der Waals surface area contributed by atoms with Crippen molar-refractivity contribution in [1.82, 2.24) is 0 Å². The van der Waals surface area contributed by atoms with Crippen molar-refractivity contribution in [3.63, 3.8) is 0 Å². The molecule has 1 aromatic rings. The van der Waals surface area contributed by atoms with E-state index in [1.807, 2.05) is 6.07 Å². The monoisotopic (exact) mass is 388 g/mol. The maximum absolute atomic E-state index is 14.1. The Hall–Kier alpha value is -0.920. The Kier molecular flexibility index (Phi) is 6.43. The predicted octanol–water partition coefficient (Wildman–Crippen LogP) is 8.19. The summed E-state index contributed by atoms with van der Waals surface area (Å²) in [7, 11) is 0. The van der Waals surface area contributed by atoms with Gasteiger partial charge < -0.3 is 0 Å². The number of hydrogen-bond donors (Lipinski definition) is 0. The molecule has 3 aliphatic carbocycles. The fourth-order valence-electron chi connectivity index (χ4n) is 7.09. The Labute approximate surface area is 170 Å². The van der Waals surface area contributed by atoms with Crippen LogP contribution >= 0.6 is 0 Å². The number of rotatable bonds is 4. The first kappa shape index (κ1) is 20.4. The molecule has 0 aromatic heterocycles. The number of hydrogen-bond acceptors (Lipinski definition) is 0. The van der Waals surface area contributed by atoms with Gasteiger partial charge in [-0.2, -0.15) is 0 Å². The first-order valence-corrected chi connectivity index (χ1v) is 12.1. The minimum atomic E-state index is -0.705. The minimum Gasteiger partial charge on any atom is -0.204 e. The van der Waals surface area contributed by atoms with E-state index in [4.69, 9.17) is 0 Å². The zero-order valence-corrected chi connectivity index (χ0v) is 17.7. The Bertz CT molecular complexity index is 630. The van der Waals surface area contributed by atoms with Gasteiger partial charge in [-0.25, -0.2) is 8.78 Å². The highest BCUT2D eigenvalue weighted by Crippen LogP contribution is 2.53. The standard InChI is InChI=1S/C26H38F2/c1-2-19-8-10-20(11-9-19)21-14-16-26(17-15-21,22-6-4-3-5-7-22)23-12-13-24(27)25(28)18-23/h12-13,18-22H,2-11,14-17H2,1H3/t19-,20-,21?,26?. The summed E-state index contributed by atoms with van der Waals surface area (Å²) in [5.74, 6) is 2.03. The highest BCUT2D eigenvalue weighted by Gasteiger charge is 2.45.